The first-order valence-corrected chi connectivity index (χ1v) is 15.9. The second kappa shape index (κ2) is 10.6. The molecule has 0 amide bonds. The van der Waals surface area contributed by atoms with E-state index in [0.29, 0.717) is 0 Å². The quantitative estimate of drug-likeness (QED) is 0.195. The molecular weight excluding hydrogens is 558 g/mol. The third-order valence-corrected chi connectivity index (χ3v) is 9.43. The van der Waals surface area contributed by atoms with Gasteiger partial charge in [-0.2, -0.15) is 0 Å². The van der Waals surface area contributed by atoms with E-state index in [-0.39, 0.29) is 0 Å². The van der Waals surface area contributed by atoms with Crippen LogP contribution in [0.15, 0.2) is 158 Å². The van der Waals surface area contributed by atoms with E-state index in [2.05, 4.69) is 139 Å². The van der Waals surface area contributed by atoms with Crippen molar-refractivity contribution in [2.75, 3.05) is 0 Å². The van der Waals surface area contributed by atoms with Gasteiger partial charge < -0.3 is 9.30 Å². The summed E-state index contributed by atoms with van der Waals surface area (Å²) in [5.74, 6) is 1.67. The lowest BCUT2D eigenvalue weighted by Gasteiger charge is -2.15. The maximum Gasteiger partial charge on any atom is 0.135 e. The lowest BCUT2D eigenvalue weighted by atomic mass is 9.96. The van der Waals surface area contributed by atoms with Crippen LogP contribution < -0.4 is 4.74 Å². The molecule has 0 aliphatic heterocycles. The summed E-state index contributed by atoms with van der Waals surface area (Å²) in [5.41, 5.74) is 14.9. The minimum atomic E-state index is 0.824. The van der Waals surface area contributed by atoms with Gasteiger partial charge in [-0.25, -0.2) is 0 Å². The molecule has 0 radical (unpaired) electrons. The molecule has 1 aliphatic carbocycles. The van der Waals surface area contributed by atoms with Crippen LogP contribution in [-0.2, 0) is 6.42 Å². The van der Waals surface area contributed by atoms with Gasteiger partial charge in [-0.3, -0.25) is 0 Å². The lowest BCUT2D eigenvalue weighted by Crippen LogP contribution is -1.95. The van der Waals surface area contributed by atoms with E-state index in [9.17, 15) is 0 Å². The summed E-state index contributed by atoms with van der Waals surface area (Å²) in [6, 6.07) is 56.5. The first-order valence-electron chi connectivity index (χ1n) is 15.9. The van der Waals surface area contributed by atoms with E-state index in [1.54, 1.807) is 0 Å². The maximum absolute atomic E-state index is 6.56. The molecule has 9 rings (SSSR count). The van der Waals surface area contributed by atoms with Crippen molar-refractivity contribution >= 4 is 21.8 Å². The van der Waals surface area contributed by atoms with Gasteiger partial charge in [0.15, 0.2) is 0 Å². The predicted octanol–water partition coefficient (Wildman–Crippen LogP) is 11.8. The van der Waals surface area contributed by atoms with Crippen LogP contribution in [0, 0.1) is 6.92 Å². The number of rotatable bonds is 5. The van der Waals surface area contributed by atoms with Crippen LogP contribution in [0.4, 0.5) is 0 Å². The van der Waals surface area contributed by atoms with E-state index in [1.807, 2.05) is 30.3 Å². The minimum absolute atomic E-state index is 0.824. The number of hydrogen-bond acceptors (Lipinski definition) is 1. The Kier molecular flexibility index (Phi) is 6.14. The zero-order valence-electron chi connectivity index (χ0n) is 25.6. The number of para-hydroxylation sites is 2. The van der Waals surface area contributed by atoms with Crippen LogP contribution in [-0.4, -0.2) is 4.57 Å². The van der Waals surface area contributed by atoms with Crippen molar-refractivity contribution in [3.8, 4) is 50.6 Å². The molecule has 0 atom stereocenters. The third kappa shape index (κ3) is 4.34. The van der Waals surface area contributed by atoms with Gasteiger partial charge in [0.25, 0.3) is 0 Å². The summed E-state index contributed by atoms with van der Waals surface area (Å²) in [6.45, 7) is 2.15. The van der Waals surface area contributed by atoms with E-state index >= 15 is 0 Å². The topological polar surface area (TPSA) is 14.2 Å². The summed E-state index contributed by atoms with van der Waals surface area (Å²) in [6.07, 6.45) is 0.979. The molecule has 1 aromatic heterocycles. The number of ether oxygens (including phenoxy) is 1. The predicted molar refractivity (Wildman–Crippen MR) is 191 cm³/mol. The molecule has 1 heterocycles. The fourth-order valence-electron chi connectivity index (χ4n) is 7.20. The van der Waals surface area contributed by atoms with Gasteiger partial charge in [0, 0.05) is 22.0 Å². The molecule has 2 heteroatoms. The molecule has 0 saturated carbocycles. The Balaban J connectivity index is 1.18. The highest BCUT2D eigenvalue weighted by Crippen LogP contribution is 2.42. The highest BCUT2D eigenvalue weighted by molar-refractivity contribution is 6.10. The SMILES string of the molecule is Cc1ccccc1-c1ccc(-c2ccc3c(c2)c2ccccc2n3-c2ccc3c(c2)Cc2ccccc2-3)cc1Oc1ccccc1. The average Bonchev–Trinajstić information content (AvgIpc) is 3.64. The van der Waals surface area contributed by atoms with Crippen LogP contribution >= 0.6 is 0 Å². The molecule has 218 valence electrons. The van der Waals surface area contributed by atoms with E-state index in [1.165, 1.54) is 60.9 Å². The standard InChI is InChI=1S/C44H31NO/c1-29-11-5-7-15-36(29)40-22-19-31(28-44(40)46-35-13-3-2-4-14-35)30-20-24-43-41(27-30)39-17-9-10-18-42(39)45(43)34-21-23-38-33(26-34)25-32-12-6-8-16-37(32)38/h2-24,26-28H,25H2,1H3. The zero-order chi connectivity index (χ0) is 30.6. The molecule has 2 nitrogen and oxygen atoms in total. The summed E-state index contributed by atoms with van der Waals surface area (Å²) in [5, 5.41) is 2.49. The molecular formula is C44H31NO. The molecule has 46 heavy (non-hydrogen) atoms. The van der Waals surface area contributed by atoms with Crippen LogP contribution in [0.5, 0.6) is 11.5 Å². The molecule has 1 aliphatic rings. The number of nitrogens with zero attached hydrogens (tertiary/aromatic N) is 1. The monoisotopic (exact) mass is 589 g/mol. The average molecular weight is 590 g/mol. The molecule has 0 saturated heterocycles. The smallest absolute Gasteiger partial charge is 0.135 e. The second-order valence-corrected chi connectivity index (χ2v) is 12.2. The van der Waals surface area contributed by atoms with Crippen molar-refractivity contribution in [1.29, 1.82) is 0 Å². The molecule has 0 unspecified atom stereocenters. The van der Waals surface area contributed by atoms with Crippen molar-refractivity contribution in [2.45, 2.75) is 13.3 Å². The highest BCUT2D eigenvalue weighted by atomic mass is 16.5. The largest absolute Gasteiger partial charge is 0.457 e. The van der Waals surface area contributed by atoms with Crippen LogP contribution in [0.3, 0.4) is 0 Å². The van der Waals surface area contributed by atoms with Crippen LogP contribution in [0.25, 0.3) is 60.9 Å². The van der Waals surface area contributed by atoms with E-state index in [0.717, 1.165) is 34.6 Å². The maximum atomic E-state index is 6.56. The first-order chi connectivity index (χ1) is 22.7. The Morgan fingerprint density at radius 2 is 1.15 bits per heavy atom. The first kappa shape index (κ1) is 26.5. The molecule has 0 fully saturated rings. The Hall–Kier alpha value is -5.86. The Morgan fingerprint density at radius 3 is 2.04 bits per heavy atom. The van der Waals surface area contributed by atoms with Gasteiger partial charge in [-0.05, 0) is 106 Å². The molecule has 0 spiro atoms. The van der Waals surface area contributed by atoms with Crippen molar-refractivity contribution < 1.29 is 4.74 Å². The van der Waals surface area contributed by atoms with Crippen molar-refractivity contribution in [2.24, 2.45) is 0 Å². The zero-order valence-corrected chi connectivity index (χ0v) is 25.6. The van der Waals surface area contributed by atoms with Gasteiger partial charge >= 0.3 is 0 Å². The van der Waals surface area contributed by atoms with Gasteiger partial charge in [0.2, 0.25) is 0 Å². The molecule has 8 aromatic rings. The van der Waals surface area contributed by atoms with Crippen molar-refractivity contribution in [1.82, 2.24) is 4.57 Å². The van der Waals surface area contributed by atoms with Gasteiger partial charge in [0.05, 0.1) is 11.0 Å². The number of aromatic nitrogens is 1. The summed E-state index contributed by atoms with van der Waals surface area (Å²) >= 11 is 0. The third-order valence-electron chi connectivity index (χ3n) is 9.43. The fourth-order valence-corrected chi connectivity index (χ4v) is 7.20. The molecule has 0 N–H and O–H groups in total. The Labute approximate surface area is 268 Å². The van der Waals surface area contributed by atoms with Gasteiger partial charge in [0.1, 0.15) is 11.5 Å². The van der Waals surface area contributed by atoms with Crippen molar-refractivity contribution in [3.63, 3.8) is 0 Å². The fraction of sp³-hybridized carbons (Fsp3) is 0.0455. The normalized spacial score (nSPS) is 11.9. The van der Waals surface area contributed by atoms with E-state index < -0.39 is 0 Å². The van der Waals surface area contributed by atoms with Crippen LogP contribution in [0.2, 0.25) is 0 Å². The summed E-state index contributed by atoms with van der Waals surface area (Å²) in [7, 11) is 0. The molecule has 0 bridgehead atoms. The Bertz CT molecular complexity index is 2430. The van der Waals surface area contributed by atoms with E-state index in [4.69, 9.17) is 4.74 Å². The van der Waals surface area contributed by atoms with Crippen LogP contribution in [0.1, 0.15) is 16.7 Å². The molecule has 7 aromatic carbocycles. The van der Waals surface area contributed by atoms with Gasteiger partial charge in [-0.1, -0.05) is 109 Å². The highest BCUT2D eigenvalue weighted by Gasteiger charge is 2.20. The summed E-state index contributed by atoms with van der Waals surface area (Å²) < 4.78 is 8.98. The van der Waals surface area contributed by atoms with Gasteiger partial charge in [-0.15, -0.1) is 0 Å². The summed E-state index contributed by atoms with van der Waals surface area (Å²) in [4.78, 5) is 0. The number of hydrogen-bond donors (Lipinski definition) is 0. The number of aryl methyl sites for hydroxylation is 1. The second-order valence-electron chi connectivity index (χ2n) is 12.2. The van der Waals surface area contributed by atoms with Crippen molar-refractivity contribution in [3.05, 3.63) is 174 Å². The lowest BCUT2D eigenvalue weighted by molar-refractivity contribution is 0.484. The Morgan fingerprint density at radius 1 is 0.478 bits per heavy atom. The number of benzene rings is 7. The minimum Gasteiger partial charge on any atom is -0.457 e. The number of fused-ring (bicyclic) bond motifs is 6.